The molecule has 5 aliphatic rings. The molecule has 12 N–H and O–H groups in total. The average Bonchev–Trinajstić information content (AvgIpc) is 1.45. The minimum absolute atomic E-state index is 0.0501. The van der Waals surface area contributed by atoms with Gasteiger partial charge in [0.15, 0.2) is 5.11 Å². The fourth-order valence-corrected chi connectivity index (χ4v) is 12.2. The number of aromatic nitrogens is 1. The van der Waals surface area contributed by atoms with Crippen molar-refractivity contribution in [3.05, 3.63) is 95.3 Å². The Morgan fingerprint density at radius 1 is 0.851 bits per heavy atom. The summed E-state index contributed by atoms with van der Waals surface area (Å²) in [6.07, 6.45) is -3.77. The number of carbonyl (C=O) groups excluding carboxylic acids is 8. The average molecular weight is 1230 g/mol. The highest BCUT2D eigenvalue weighted by atomic mass is 32.2. The van der Waals surface area contributed by atoms with Crippen LogP contribution >= 0.6 is 24.0 Å². The van der Waals surface area contributed by atoms with Crippen LogP contribution in [0.25, 0.3) is 44.3 Å². The molecule has 87 heavy (non-hydrogen) atoms. The Hall–Kier alpha value is -8.63. The molecule has 460 valence electrons. The molecule has 27 heteroatoms. The second-order valence-electron chi connectivity index (χ2n) is 22.9. The predicted octanol–water partition coefficient (Wildman–Crippen LogP) is -0.772. The van der Waals surface area contributed by atoms with Crippen LogP contribution in [0.5, 0.6) is 0 Å². The van der Waals surface area contributed by atoms with Crippen LogP contribution in [0.4, 0.5) is 11.4 Å². The van der Waals surface area contributed by atoms with Gasteiger partial charge in [0.05, 0.1) is 34.9 Å². The number of anilines is 2. The van der Waals surface area contributed by atoms with Gasteiger partial charge in [0.1, 0.15) is 67.7 Å². The molecular formula is C60H70N12O13S2. The summed E-state index contributed by atoms with van der Waals surface area (Å²) in [4.78, 5) is 120. The van der Waals surface area contributed by atoms with Crippen LogP contribution in [-0.4, -0.2) is 185 Å². The Morgan fingerprint density at radius 3 is 2.25 bits per heavy atom. The summed E-state index contributed by atoms with van der Waals surface area (Å²) >= 11 is 6.80. The fraction of sp³-hybridized carbons (Fsp3) is 0.400. The summed E-state index contributed by atoms with van der Waals surface area (Å²) in [7, 11) is 7.55. The maximum Gasteiger partial charge on any atom is 0.246 e. The number of nitrogens with one attached hydrogen (secondary N) is 9. The van der Waals surface area contributed by atoms with Crippen LogP contribution in [0.15, 0.2) is 88.3 Å². The number of hydrogen-bond acceptors (Lipinski definition) is 16. The van der Waals surface area contributed by atoms with E-state index in [0.29, 0.717) is 55.0 Å². The van der Waals surface area contributed by atoms with Gasteiger partial charge in [-0.1, -0.05) is 24.3 Å². The number of benzene rings is 4. The second kappa shape index (κ2) is 25.8. The molecule has 5 heterocycles. The summed E-state index contributed by atoms with van der Waals surface area (Å²) in [5, 5.41) is 70.9. The SMILES string of the molecule is C[C@@H]1NC(=O)[C@H](C[C@@](C)(O)CNC(=S)Nc2ccc(C(=O)[O-])c(-c3c4ccc(=[N+](C)C)cc-4oc4cc(N(C)C)ccc34)c2)NC(=O)[C@@H]2Cc3c([nH]c4ccccc34)SC[C@H](NC(=O)[C@@H]([C@H](C)O)NC1=O)C(=O)N1C[C@@H](O)C[C@H]1C(=O)N[C@@H](C)C(=O)N2. The first kappa shape index (κ1) is 62.9. The first-order valence-electron chi connectivity index (χ1n) is 28.2. The smallest absolute Gasteiger partial charge is 0.246 e. The minimum atomic E-state index is -1.94. The van der Waals surface area contributed by atoms with Gasteiger partial charge in [-0.2, -0.15) is 0 Å². The third-order valence-electron chi connectivity index (χ3n) is 15.7. The molecule has 7 amide bonds. The Bertz CT molecular complexity index is 3790. The van der Waals surface area contributed by atoms with E-state index in [0.717, 1.165) is 27.7 Å². The molecule has 9 rings (SSSR count). The number of para-hydroxylation sites is 1. The lowest BCUT2D eigenvalue weighted by Crippen LogP contribution is -2.62. The number of hydrogen-bond donors (Lipinski definition) is 12. The van der Waals surface area contributed by atoms with Gasteiger partial charge in [0.25, 0.3) is 0 Å². The van der Waals surface area contributed by atoms with Crippen LogP contribution < -0.4 is 62.5 Å². The molecule has 1 aliphatic carbocycles. The van der Waals surface area contributed by atoms with E-state index in [9.17, 15) is 54.0 Å². The monoisotopic (exact) mass is 1230 g/mol. The maximum atomic E-state index is 15.0. The van der Waals surface area contributed by atoms with Crippen LogP contribution in [0.2, 0.25) is 0 Å². The number of aromatic amines is 1. The fourth-order valence-electron chi connectivity index (χ4n) is 10.9. The Kier molecular flexibility index (Phi) is 18.6. The van der Waals surface area contributed by atoms with E-state index in [2.05, 4.69) is 47.5 Å². The van der Waals surface area contributed by atoms with Gasteiger partial charge in [0, 0.05) is 109 Å². The molecule has 3 aromatic carbocycles. The van der Waals surface area contributed by atoms with Crippen molar-refractivity contribution in [1.29, 1.82) is 0 Å². The topological polar surface area (TPSA) is 355 Å². The molecule has 10 atom stereocenters. The quantitative estimate of drug-likeness (QED) is 0.0480. The largest absolute Gasteiger partial charge is 0.545 e. The van der Waals surface area contributed by atoms with Crippen LogP contribution in [0.1, 0.15) is 56.5 Å². The van der Waals surface area contributed by atoms with Gasteiger partial charge in [0.2, 0.25) is 46.7 Å². The number of thioether (sulfide) groups is 1. The number of aliphatic hydroxyl groups is 3. The molecule has 1 aromatic heterocycles. The molecule has 0 spiro atoms. The van der Waals surface area contributed by atoms with Gasteiger partial charge < -0.3 is 87.0 Å². The first-order chi connectivity index (χ1) is 41.2. The van der Waals surface area contributed by atoms with Gasteiger partial charge in [-0.15, -0.1) is 11.8 Å². The number of H-pyrrole nitrogens is 1. The number of amides is 7. The van der Waals surface area contributed by atoms with Crippen molar-refractivity contribution in [3.8, 4) is 22.5 Å². The van der Waals surface area contributed by atoms with Gasteiger partial charge in [-0.25, -0.2) is 4.58 Å². The van der Waals surface area contributed by atoms with Gasteiger partial charge in [-0.05, 0) is 87.4 Å². The molecule has 4 aliphatic heterocycles. The molecule has 0 radical (unpaired) electrons. The number of aromatic carboxylic acids is 1. The normalized spacial score (nSPS) is 23.6. The summed E-state index contributed by atoms with van der Waals surface area (Å²) < 4.78 is 8.38. The zero-order valence-electron chi connectivity index (χ0n) is 49.0. The van der Waals surface area contributed by atoms with Gasteiger partial charge >= 0.3 is 0 Å². The lowest BCUT2D eigenvalue weighted by atomic mass is 9.90. The van der Waals surface area contributed by atoms with Crippen molar-refractivity contribution >= 4 is 110 Å². The van der Waals surface area contributed by atoms with E-state index in [-0.39, 0.29) is 47.9 Å². The number of thiocarbonyl (C=S) groups is 1. The number of fused-ring (bicyclic) bond motifs is 7. The Balaban J connectivity index is 1.04. The van der Waals surface area contributed by atoms with E-state index >= 15 is 4.79 Å². The number of carboxylic acid groups (broad SMARTS) is 1. The van der Waals surface area contributed by atoms with Crippen molar-refractivity contribution < 1.29 is 63.2 Å². The zero-order valence-corrected chi connectivity index (χ0v) is 50.7. The summed E-state index contributed by atoms with van der Waals surface area (Å²) in [5.74, 6) is -7.49. The van der Waals surface area contributed by atoms with E-state index in [4.69, 9.17) is 16.6 Å². The van der Waals surface area contributed by atoms with Crippen molar-refractivity contribution in [2.24, 2.45) is 0 Å². The number of carbonyl (C=O) groups is 8. The first-order valence-corrected chi connectivity index (χ1v) is 29.6. The number of nitrogens with zero attached hydrogens (tertiary/aromatic N) is 3. The highest BCUT2D eigenvalue weighted by Crippen LogP contribution is 2.43. The summed E-state index contributed by atoms with van der Waals surface area (Å²) in [6, 6.07) is 12.3. The standard InChI is InChI=1S/C60H70N12O13S2/c1-28-50(75)65-42-23-40-35-11-9-10-12-41(35)68-56(40)87-26-44(57(81)72-25-34(74)22-45(72)54(79)63-28)67-55(80)49(30(3)73)69-51(76)29(2)62-53(78)43(66-52(42)77)24-60(4,84)27-61-59(86)64-31-13-16-36(58(82)83)39(19-31)48-37-17-14-32(70(5)6)20-46(37)85-47-21-33(71(7)8)15-18-38(47)48/h9-21,28-30,34,42-45,49,68,73-74,84H,22-27H2,1-8H3,(H8-,61,62,63,64,65,66,67,69,75,76,77,78,79,80,82,83,86)/t28-,29-,30-,34-,42-,43-,44-,45-,49+,60+/m0/s1. The van der Waals surface area contributed by atoms with Crippen molar-refractivity contribution in [1.82, 2.24) is 51.7 Å². The third kappa shape index (κ3) is 14.0. The van der Waals surface area contributed by atoms with Crippen LogP contribution in [0, 0.1) is 0 Å². The minimum Gasteiger partial charge on any atom is -0.545 e. The number of carboxylic acids is 1. The van der Waals surface area contributed by atoms with E-state index in [1.165, 1.54) is 39.8 Å². The lowest BCUT2D eigenvalue weighted by molar-refractivity contribution is -0.255. The number of aliphatic hydroxyl groups excluding tert-OH is 2. The summed E-state index contributed by atoms with van der Waals surface area (Å²) in [6.45, 7) is 4.54. The summed E-state index contributed by atoms with van der Waals surface area (Å²) in [5.41, 5.74) is 2.12. The van der Waals surface area contributed by atoms with Crippen molar-refractivity contribution in [3.63, 3.8) is 0 Å². The molecule has 2 bridgehead atoms. The Labute approximate surface area is 509 Å². The third-order valence-corrected chi connectivity index (χ3v) is 17.0. The van der Waals surface area contributed by atoms with Crippen LogP contribution in [0.3, 0.4) is 0 Å². The molecule has 1 saturated heterocycles. The van der Waals surface area contributed by atoms with Gasteiger partial charge in [-0.3, -0.25) is 33.6 Å². The van der Waals surface area contributed by atoms with E-state index in [1.807, 2.05) is 74.1 Å². The molecule has 1 fully saturated rings. The van der Waals surface area contributed by atoms with Crippen molar-refractivity contribution in [2.75, 3.05) is 57.2 Å². The molecule has 4 aromatic rings. The second-order valence-corrected chi connectivity index (χ2v) is 24.4. The molecular weight excluding hydrogens is 1160 g/mol. The maximum absolute atomic E-state index is 15.0. The predicted molar refractivity (Wildman–Crippen MR) is 327 cm³/mol. The molecule has 0 saturated carbocycles. The number of rotatable bonds is 9. The molecule has 0 unspecified atom stereocenters. The Morgan fingerprint density at radius 2 is 1.55 bits per heavy atom. The van der Waals surface area contributed by atoms with Crippen LogP contribution in [-0.2, 0) is 40.0 Å². The highest BCUT2D eigenvalue weighted by molar-refractivity contribution is 7.99. The van der Waals surface area contributed by atoms with Crippen molar-refractivity contribution in [2.45, 2.75) is 112 Å². The van der Waals surface area contributed by atoms with E-state index < -0.39 is 114 Å². The lowest BCUT2D eigenvalue weighted by Gasteiger charge is -2.31. The van der Waals surface area contributed by atoms with E-state index in [1.54, 1.807) is 30.3 Å². The highest BCUT2D eigenvalue weighted by Gasteiger charge is 2.44. The molecule has 25 nitrogen and oxygen atoms in total. The zero-order chi connectivity index (χ0) is 62.9.